The molecule has 1 aromatic heterocycles. The van der Waals surface area contributed by atoms with Crippen LogP contribution in [0.2, 0.25) is 0 Å². The summed E-state index contributed by atoms with van der Waals surface area (Å²) in [6.45, 7) is 6.54. The number of nitrogens with zero attached hydrogens (tertiary/aromatic N) is 3. The van der Waals surface area contributed by atoms with Crippen LogP contribution in [0.15, 0.2) is 10.6 Å². The molecule has 0 saturated carbocycles. The highest BCUT2D eigenvalue weighted by Gasteiger charge is 2.22. The Hall–Kier alpha value is -1.45. The summed E-state index contributed by atoms with van der Waals surface area (Å²) >= 11 is 0. The van der Waals surface area contributed by atoms with E-state index in [0.29, 0.717) is 19.6 Å². The fraction of sp³-hybridized carbons (Fsp3) is 0.692. The topological polar surface area (TPSA) is 95.8 Å². The summed E-state index contributed by atoms with van der Waals surface area (Å²) in [5, 5.41) is 3.85. The van der Waals surface area contributed by atoms with Crippen molar-refractivity contribution < 1.29 is 17.7 Å². The van der Waals surface area contributed by atoms with Crippen LogP contribution < -0.4 is 4.72 Å². The van der Waals surface area contributed by atoms with E-state index in [1.54, 1.807) is 4.90 Å². The maximum absolute atomic E-state index is 12.0. The normalized spacial score (nSPS) is 16.9. The first kappa shape index (κ1) is 16.9. The summed E-state index contributed by atoms with van der Waals surface area (Å²) in [5.74, 6) is 0.602. The number of carbonyl (C=O) groups excluding carboxylic acids is 1. The quantitative estimate of drug-likeness (QED) is 0.760. The number of sulfonamides is 1. The molecule has 124 valence electrons. The van der Waals surface area contributed by atoms with Gasteiger partial charge in [-0.2, -0.15) is 0 Å². The number of amides is 1. The number of rotatable bonds is 6. The number of aryl methyl sites for hydroxylation is 1. The van der Waals surface area contributed by atoms with Crippen molar-refractivity contribution in [3.63, 3.8) is 0 Å². The van der Waals surface area contributed by atoms with Gasteiger partial charge in [-0.3, -0.25) is 9.69 Å². The largest absolute Gasteiger partial charge is 0.360 e. The van der Waals surface area contributed by atoms with Crippen LogP contribution in [0.25, 0.3) is 0 Å². The van der Waals surface area contributed by atoms with Gasteiger partial charge in [0.2, 0.25) is 15.9 Å². The highest BCUT2D eigenvalue weighted by molar-refractivity contribution is 7.89. The highest BCUT2D eigenvalue weighted by atomic mass is 32.2. The van der Waals surface area contributed by atoms with E-state index in [4.69, 9.17) is 4.52 Å². The highest BCUT2D eigenvalue weighted by Crippen LogP contribution is 2.09. The minimum atomic E-state index is -3.33. The number of nitrogens with one attached hydrogen (secondary N) is 1. The molecule has 1 fully saturated rings. The summed E-state index contributed by atoms with van der Waals surface area (Å²) in [7, 11) is -3.33. The van der Waals surface area contributed by atoms with E-state index in [1.807, 2.05) is 13.0 Å². The molecule has 1 N–H and O–H groups in total. The monoisotopic (exact) mass is 330 g/mol. The van der Waals surface area contributed by atoms with Gasteiger partial charge >= 0.3 is 0 Å². The number of piperazine rings is 1. The lowest BCUT2D eigenvalue weighted by atomic mass is 10.3. The van der Waals surface area contributed by atoms with E-state index in [9.17, 15) is 13.2 Å². The first-order valence-corrected chi connectivity index (χ1v) is 8.94. The van der Waals surface area contributed by atoms with Gasteiger partial charge in [-0.1, -0.05) is 5.16 Å². The van der Waals surface area contributed by atoms with Crippen molar-refractivity contribution in [2.75, 3.05) is 38.5 Å². The molecule has 0 aliphatic carbocycles. The summed E-state index contributed by atoms with van der Waals surface area (Å²) in [6, 6.07) is 1.90. The van der Waals surface area contributed by atoms with Crippen LogP contribution in [-0.4, -0.2) is 67.8 Å². The molecule has 2 heterocycles. The average molecular weight is 330 g/mol. The molecule has 0 aromatic carbocycles. The van der Waals surface area contributed by atoms with Crippen molar-refractivity contribution >= 4 is 15.9 Å². The third kappa shape index (κ3) is 4.79. The second kappa shape index (κ2) is 7.21. The SMILES string of the molecule is CCS(=O)(=O)NCC(=O)N1CCN(Cc2cc(C)no2)CC1. The van der Waals surface area contributed by atoms with Gasteiger partial charge in [0.25, 0.3) is 0 Å². The second-order valence-corrected chi connectivity index (χ2v) is 7.41. The van der Waals surface area contributed by atoms with E-state index in [2.05, 4.69) is 14.8 Å². The van der Waals surface area contributed by atoms with Crippen molar-refractivity contribution in [1.82, 2.24) is 19.7 Å². The van der Waals surface area contributed by atoms with Gasteiger partial charge in [0.1, 0.15) is 0 Å². The molecule has 8 nitrogen and oxygen atoms in total. The Morgan fingerprint density at radius 2 is 2.05 bits per heavy atom. The molecule has 9 heteroatoms. The van der Waals surface area contributed by atoms with Gasteiger partial charge in [0, 0.05) is 32.2 Å². The lowest BCUT2D eigenvalue weighted by Crippen LogP contribution is -2.50. The molecule has 22 heavy (non-hydrogen) atoms. The van der Waals surface area contributed by atoms with Crippen molar-refractivity contribution in [2.24, 2.45) is 0 Å². The maximum Gasteiger partial charge on any atom is 0.237 e. The Balaban J connectivity index is 1.75. The fourth-order valence-corrected chi connectivity index (χ4v) is 2.80. The Kier molecular flexibility index (Phi) is 5.54. The van der Waals surface area contributed by atoms with Crippen molar-refractivity contribution in [3.05, 3.63) is 17.5 Å². The van der Waals surface area contributed by atoms with E-state index >= 15 is 0 Å². The summed E-state index contributed by atoms with van der Waals surface area (Å²) in [6.07, 6.45) is 0. The molecule has 2 rings (SSSR count). The van der Waals surface area contributed by atoms with Gasteiger partial charge in [0.15, 0.2) is 5.76 Å². The molecule has 1 aromatic rings. The molecule has 1 aliphatic rings. The van der Waals surface area contributed by atoms with Crippen molar-refractivity contribution in [1.29, 1.82) is 0 Å². The van der Waals surface area contributed by atoms with Gasteiger partial charge in [0.05, 0.1) is 24.5 Å². The molecule has 0 radical (unpaired) electrons. The summed E-state index contributed by atoms with van der Waals surface area (Å²) < 4.78 is 30.2. The fourth-order valence-electron chi connectivity index (χ4n) is 2.25. The number of aromatic nitrogens is 1. The maximum atomic E-state index is 12.0. The van der Waals surface area contributed by atoms with E-state index in [0.717, 1.165) is 24.5 Å². The van der Waals surface area contributed by atoms with E-state index in [1.165, 1.54) is 6.92 Å². The molecule has 0 bridgehead atoms. The zero-order valence-electron chi connectivity index (χ0n) is 12.9. The zero-order chi connectivity index (χ0) is 16.2. The molecule has 0 spiro atoms. The predicted octanol–water partition coefficient (Wildman–Crippen LogP) is -0.433. The van der Waals surface area contributed by atoms with Crippen LogP contribution in [0, 0.1) is 6.92 Å². The van der Waals surface area contributed by atoms with Gasteiger partial charge in [-0.15, -0.1) is 0 Å². The van der Waals surface area contributed by atoms with Crippen LogP contribution in [0.1, 0.15) is 18.4 Å². The predicted molar refractivity (Wildman–Crippen MR) is 80.6 cm³/mol. The van der Waals surface area contributed by atoms with Crippen LogP contribution in [0.4, 0.5) is 0 Å². The minimum Gasteiger partial charge on any atom is -0.360 e. The zero-order valence-corrected chi connectivity index (χ0v) is 13.7. The van der Waals surface area contributed by atoms with Crippen LogP contribution in [0.5, 0.6) is 0 Å². The lowest BCUT2D eigenvalue weighted by molar-refractivity contribution is -0.131. The summed E-state index contributed by atoms with van der Waals surface area (Å²) in [5.41, 5.74) is 0.854. The smallest absolute Gasteiger partial charge is 0.237 e. The first-order chi connectivity index (χ1) is 10.4. The number of hydrogen-bond donors (Lipinski definition) is 1. The Bertz CT molecular complexity index is 605. The molecule has 1 saturated heterocycles. The molecule has 0 atom stereocenters. The first-order valence-electron chi connectivity index (χ1n) is 7.29. The Morgan fingerprint density at radius 1 is 1.36 bits per heavy atom. The number of hydrogen-bond acceptors (Lipinski definition) is 6. The summed E-state index contributed by atoms with van der Waals surface area (Å²) in [4.78, 5) is 15.8. The molecular formula is C13H22N4O4S. The molecule has 1 aliphatic heterocycles. The van der Waals surface area contributed by atoms with Gasteiger partial charge in [-0.05, 0) is 13.8 Å². The van der Waals surface area contributed by atoms with Crippen LogP contribution in [-0.2, 0) is 21.4 Å². The van der Waals surface area contributed by atoms with Crippen LogP contribution >= 0.6 is 0 Å². The second-order valence-electron chi connectivity index (χ2n) is 5.32. The van der Waals surface area contributed by atoms with Crippen LogP contribution in [0.3, 0.4) is 0 Å². The third-order valence-electron chi connectivity index (χ3n) is 3.60. The minimum absolute atomic E-state index is 0.0232. The lowest BCUT2D eigenvalue weighted by Gasteiger charge is -2.34. The van der Waals surface area contributed by atoms with E-state index in [-0.39, 0.29) is 18.2 Å². The van der Waals surface area contributed by atoms with Crippen molar-refractivity contribution in [2.45, 2.75) is 20.4 Å². The standard InChI is InChI=1S/C13H22N4O4S/c1-3-22(19,20)14-9-13(18)17-6-4-16(5-7-17)10-12-8-11(2)15-21-12/h8,14H,3-7,9-10H2,1-2H3. The molecular weight excluding hydrogens is 308 g/mol. The third-order valence-corrected chi connectivity index (χ3v) is 4.95. The Labute approximate surface area is 130 Å². The Morgan fingerprint density at radius 3 is 2.59 bits per heavy atom. The van der Waals surface area contributed by atoms with Gasteiger partial charge < -0.3 is 9.42 Å². The average Bonchev–Trinajstić information content (AvgIpc) is 2.91. The van der Waals surface area contributed by atoms with E-state index < -0.39 is 10.0 Å². The molecule has 0 unspecified atom stereocenters. The number of carbonyl (C=O) groups is 1. The van der Waals surface area contributed by atoms with Gasteiger partial charge in [-0.25, -0.2) is 13.1 Å². The molecule has 1 amide bonds. The van der Waals surface area contributed by atoms with Crippen molar-refractivity contribution in [3.8, 4) is 0 Å².